The van der Waals surface area contributed by atoms with Crippen molar-refractivity contribution in [2.45, 2.75) is 70.7 Å². The van der Waals surface area contributed by atoms with Crippen molar-refractivity contribution in [1.29, 1.82) is 0 Å². The number of carbonyl (C=O) groups is 1. The number of aromatic nitrogens is 1. The molecular weight excluding hydrogens is 418 g/mol. The molecule has 32 heavy (non-hydrogen) atoms. The predicted molar refractivity (Wildman–Crippen MR) is 132 cm³/mol. The van der Waals surface area contributed by atoms with E-state index in [1.807, 2.05) is 16.4 Å². The number of allylic oxidation sites excluding steroid dienone is 2. The van der Waals surface area contributed by atoms with Gasteiger partial charge in [-0.15, -0.1) is 0 Å². The lowest BCUT2D eigenvalue weighted by atomic mass is 9.91. The first-order valence-corrected chi connectivity index (χ1v) is 12.7. The highest BCUT2D eigenvalue weighted by Crippen LogP contribution is 2.28. The van der Waals surface area contributed by atoms with Crippen molar-refractivity contribution < 1.29 is 9.00 Å². The number of pyridine rings is 1. The molecule has 6 heteroatoms. The Bertz CT molecular complexity index is 980. The molecule has 1 fully saturated rings. The summed E-state index contributed by atoms with van der Waals surface area (Å²) in [6, 6.07) is 9.76. The van der Waals surface area contributed by atoms with Gasteiger partial charge in [0.25, 0.3) is 5.91 Å². The van der Waals surface area contributed by atoms with Gasteiger partial charge < -0.3 is 5.32 Å². The van der Waals surface area contributed by atoms with Crippen molar-refractivity contribution in [2.75, 3.05) is 13.1 Å². The Morgan fingerprint density at radius 2 is 1.97 bits per heavy atom. The van der Waals surface area contributed by atoms with E-state index in [0.717, 1.165) is 37.0 Å². The molecule has 1 aliphatic rings. The predicted octanol–water partition coefficient (Wildman–Crippen LogP) is 5.29. The summed E-state index contributed by atoms with van der Waals surface area (Å²) >= 11 is 0. The number of nitrogens with one attached hydrogen (secondary N) is 1. The number of amides is 1. The fourth-order valence-electron chi connectivity index (χ4n) is 4.37. The minimum atomic E-state index is -1.20. The van der Waals surface area contributed by atoms with E-state index in [0.29, 0.717) is 18.7 Å². The standard InChI is InChI=1S/C26H35N3O2S/c1-5-8-19(3)24(6-2)25-17-21(11-10-20(25)4)26(30)28-22-12-15-29(16-13-22)32(31)23-9-7-14-27-18-23/h7,9-11,14,17-18,22H,5-6,8,12-13,15-16H2,1-4H3,(H,28,30)/b24-19+. The molecule has 0 spiro atoms. The van der Waals surface area contributed by atoms with Crippen LogP contribution in [-0.2, 0) is 11.0 Å². The number of piperidine rings is 1. The number of nitrogens with zero attached hydrogens (tertiary/aromatic N) is 2. The molecule has 3 rings (SSSR count). The highest BCUT2D eigenvalue weighted by molar-refractivity contribution is 7.82. The summed E-state index contributed by atoms with van der Waals surface area (Å²) < 4.78 is 14.7. The molecule has 1 aromatic heterocycles. The largest absolute Gasteiger partial charge is 0.349 e. The average molecular weight is 454 g/mol. The first kappa shape index (κ1) is 24.3. The third kappa shape index (κ3) is 5.93. The number of benzene rings is 1. The first-order chi connectivity index (χ1) is 15.4. The summed E-state index contributed by atoms with van der Waals surface area (Å²) in [5.41, 5.74) is 5.87. The SMILES string of the molecule is CCC/C(C)=C(\CC)c1cc(C(=O)NC2CCN(S(=O)c3cccnc3)CC2)ccc1C. The van der Waals surface area contributed by atoms with Crippen molar-refractivity contribution in [3.05, 3.63) is 65.0 Å². The number of hydrogen-bond acceptors (Lipinski definition) is 3. The van der Waals surface area contributed by atoms with Gasteiger partial charge in [-0.25, -0.2) is 8.51 Å². The fourth-order valence-corrected chi connectivity index (χ4v) is 5.56. The van der Waals surface area contributed by atoms with Crippen LogP contribution in [0.4, 0.5) is 0 Å². The molecule has 1 aliphatic heterocycles. The number of rotatable bonds is 8. The normalized spacial score (nSPS) is 17.0. The van der Waals surface area contributed by atoms with Gasteiger partial charge in [0.15, 0.2) is 0 Å². The van der Waals surface area contributed by atoms with E-state index in [2.05, 4.69) is 50.1 Å². The van der Waals surface area contributed by atoms with Gasteiger partial charge in [0.1, 0.15) is 11.0 Å². The Morgan fingerprint density at radius 3 is 2.59 bits per heavy atom. The monoisotopic (exact) mass is 453 g/mol. The van der Waals surface area contributed by atoms with Crippen LogP contribution in [0.1, 0.15) is 74.4 Å². The maximum atomic E-state index is 13.0. The van der Waals surface area contributed by atoms with Crippen LogP contribution < -0.4 is 5.32 Å². The first-order valence-electron chi connectivity index (χ1n) is 11.6. The van der Waals surface area contributed by atoms with Crippen LogP contribution in [0.2, 0.25) is 0 Å². The number of hydrogen-bond donors (Lipinski definition) is 1. The molecule has 5 nitrogen and oxygen atoms in total. The Morgan fingerprint density at radius 1 is 1.22 bits per heavy atom. The summed E-state index contributed by atoms with van der Waals surface area (Å²) in [5.74, 6) is -0.0262. The Hall–Kier alpha value is -2.31. The topological polar surface area (TPSA) is 62.3 Å². The van der Waals surface area contributed by atoms with Gasteiger partial charge in [-0.3, -0.25) is 9.78 Å². The van der Waals surface area contributed by atoms with Gasteiger partial charge in [-0.05, 0) is 80.5 Å². The highest BCUT2D eigenvalue weighted by Gasteiger charge is 2.25. The average Bonchev–Trinajstić information content (AvgIpc) is 2.81. The van der Waals surface area contributed by atoms with E-state index < -0.39 is 11.0 Å². The second-order valence-corrected chi connectivity index (χ2v) is 9.99. The van der Waals surface area contributed by atoms with Crippen molar-refractivity contribution in [3.8, 4) is 0 Å². The van der Waals surface area contributed by atoms with Crippen LogP contribution in [0.25, 0.3) is 5.57 Å². The number of aryl methyl sites for hydroxylation is 1. The summed E-state index contributed by atoms with van der Waals surface area (Å²) in [6.45, 7) is 10.1. The molecule has 2 heterocycles. The minimum absolute atomic E-state index is 0.0262. The molecule has 0 radical (unpaired) electrons. The zero-order chi connectivity index (χ0) is 23.1. The molecule has 0 bridgehead atoms. The van der Waals surface area contributed by atoms with Gasteiger partial charge in [-0.1, -0.05) is 31.9 Å². The summed E-state index contributed by atoms with van der Waals surface area (Å²) in [7, 11) is -1.20. The molecule has 0 saturated carbocycles. The zero-order valence-corrected chi connectivity index (χ0v) is 20.5. The fraction of sp³-hybridized carbons (Fsp3) is 0.462. The summed E-state index contributed by atoms with van der Waals surface area (Å²) in [5, 5.41) is 3.20. The number of carbonyl (C=O) groups excluding carboxylic acids is 1. The third-order valence-electron chi connectivity index (χ3n) is 6.18. The second kappa shape index (κ2) is 11.5. The van der Waals surface area contributed by atoms with Crippen LogP contribution in [0, 0.1) is 6.92 Å². The van der Waals surface area contributed by atoms with Gasteiger partial charge in [0.2, 0.25) is 0 Å². The van der Waals surface area contributed by atoms with Crippen molar-refractivity contribution in [1.82, 2.24) is 14.6 Å². The Balaban J connectivity index is 1.64. The summed E-state index contributed by atoms with van der Waals surface area (Å²) in [4.78, 5) is 17.8. The van der Waals surface area contributed by atoms with Crippen LogP contribution in [0.5, 0.6) is 0 Å². The maximum Gasteiger partial charge on any atom is 0.251 e. The lowest BCUT2D eigenvalue weighted by molar-refractivity contribution is 0.0924. The molecule has 0 aliphatic carbocycles. The van der Waals surface area contributed by atoms with E-state index in [9.17, 15) is 9.00 Å². The quantitative estimate of drug-likeness (QED) is 0.591. The van der Waals surface area contributed by atoms with Crippen molar-refractivity contribution in [3.63, 3.8) is 0 Å². The third-order valence-corrected chi connectivity index (χ3v) is 7.66. The van der Waals surface area contributed by atoms with Gasteiger partial charge in [0.05, 0.1) is 4.90 Å². The molecular formula is C26H35N3O2S. The maximum absolute atomic E-state index is 13.0. The van der Waals surface area contributed by atoms with Crippen LogP contribution >= 0.6 is 0 Å². The van der Waals surface area contributed by atoms with Gasteiger partial charge >= 0.3 is 0 Å². The van der Waals surface area contributed by atoms with E-state index in [4.69, 9.17) is 0 Å². The molecule has 1 N–H and O–H groups in total. The zero-order valence-electron chi connectivity index (χ0n) is 19.7. The smallest absolute Gasteiger partial charge is 0.251 e. The Kier molecular flexibility index (Phi) is 8.76. The molecule has 1 aromatic carbocycles. The van der Waals surface area contributed by atoms with E-state index in [1.54, 1.807) is 18.5 Å². The molecule has 2 aromatic rings. The molecule has 1 saturated heterocycles. The molecule has 1 unspecified atom stereocenters. The molecule has 1 atom stereocenters. The van der Waals surface area contributed by atoms with Crippen LogP contribution in [0.3, 0.4) is 0 Å². The van der Waals surface area contributed by atoms with E-state index in [1.165, 1.54) is 22.3 Å². The van der Waals surface area contributed by atoms with Gasteiger partial charge in [-0.2, -0.15) is 0 Å². The van der Waals surface area contributed by atoms with Crippen LogP contribution in [-0.4, -0.2) is 38.5 Å². The van der Waals surface area contributed by atoms with Crippen LogP contribution in [0.15, 0.2) is 53.2 Å². The van der Waals surface area contributed by atoms with E-state index in [-0.39, 0.29) is 11.9 Å². The van der Waals surface area contributed by atoms with Crippen molar-refractivity contribution >= 4 is 22.5 Å². The molecule has 172 valence electrons. The van der Waals surface area contributed by atoms with Gasteiger partial charge in [0, 0.05) is 37.1 Å². The highest BCUT2D eigenvalue weighted by atomic mass is 32.2. The second-order valence-electron chi connectivity index (χ2n) is 8.51. The lowest BCUT2D eigenvalue weighted by Crippen LogP contribution is -2.45. The minimum Gasteiger partial charge on any atom is -0.349 e. The lowest BCUT2D eigenvalue weighted by Gasteiger charge is -2.31. The summed E-state index contributed by atoms with van der Waals surface area (Å²) in [6.07, 6.45) is 8.07. The molecule has 1 amide bonds. The Labute approximate surface area is 194 Å². The van der Waals surface area contributed by atoms with E-state index >= 15 is 0 Å². The van der Waals surface area contributed by atoms with Crippen molar-refractivity contribution in [2.24, 2.45) is 0 Å².